The zero-order valence-corrected chi connectivity index (χ0v) is 11.5. The van der Waals surface area contributed by atoms with Crippen LogP contribution in [0.3, 0.4) is 0 Å². The van der Waals surface area contributed by atoms with Gasteiger partial charge in [-0.15, -0.1) is 0 Å². The van der Waals surface area contributed by atoms with Gasteiger partial charge in [-0.2, -0.15) is 0 Å². The van der Waals surface area contributed by atoms with Crippen molar-refractivity contribution in [2.24, 2.45) is 11.8 Å². The van der Waals surface area contributed by atoms with Gasteiger partial charge in [0.2, 0.25) is 0 Å². The van der Waals surface area contributed by atoms with Crippen molar-refractivity contribution in [3.05, 3.63) is 0 Å². The van der Waals surface area contributed by atoms with E-state index in [2.05, 4.69) is 9.05 Å². The van der Waals surface area contributed by atoms with Crippen molar-refractivity contribution in [2.45, 2.75) is 32.0 Å². The molecule has 0 aromatic carbocycles. The van der Waals surface area contributed by atoms with Crippen LogP contribution in [0.5, 0.6) is 0 Å². The van der Waals surface area contributed by atoms with Crippen LogP contribution in [0.2, 0.25) is 0 Å². The summed E-state index contributed by atoms with van der Waals surface area (Å²) >= 11 is 0. The zero-order valence-electron chi connectivity index (χ0n) is 9.64. The Morgan fingerprint density at radius 2 is 1.83 bits per heavy atom. The van der Waals surface area contributed by atoms with Gasteiger partial charge >= 0.3 is 16.1 Å². The highest BCUT2D eigenvalue weighted by molar-refractivity contribution is 7.46. The van der Waals surface area contributed by atoms with Gasteiger partial charge in [0.05, 0.1) is 6.61 Å². The van der Waals surface area contributed by atoms with Gasteiger partial charge in [0.25, 0.3) is 0 Å². The molecule has 0 bridgehead atoms. The van der Waals surface area contributed by atoms with Crippen molar-refractivity contribution >= 4 is 16.1 Å². The van der Waals surface area contributed by atoms with Gasteiger partial charge in [-0.3, -0.25) is 9.09 Å². The summed E-state index contributed by atoms with van der Waals surface area (Å²) in [4.78, 5) is 25.7. The van der Waals surface area contributed by atoms with Crippen molar-refractivity contribution in [1.29, 1.82) is 0 Å². The minimum Gasteiger partial charge on any atom is -0.367 e. The van der Waals surface area contributed by atoms with Crippen LogP contribution < -0.4 is 0 Å². The molecule has 0 saturated heterocycles. The van der Waals surface area contributed by atoms with Crippen molar-refractivity contribution in [1.82, 2.24) is 0 Å². The van der Waals surface area contributed by atoms with Crippen LogP contribution >= 0.6 is 16.1 Å². The second-order valence-corrected chi connectivity index (χ2v) is 6.36. The maximum atomic E-state index is 10.6. The number of phosphoric ester groups is 1. The molecule has 0 aromatic rings. The molecule has 1 rings (SSSR count). The molecule has 1 fully saturated rings. The SMILES string of the molecule is O=[PH](O)OCC1CCC(C(O)OP(=O)(O)O)CC1. The second-order valence-electron chi connectivity index (χ2n) is 4.34. The van der Waals surface area contributed by atoms with Crippen molar-refractivity contribution in [3.63, 3.8) is 0 Å². The average Bonchev–Trinajstić information content (AvgIpc) is 2.24. The van der Waals surface area contributed by atoms with E-state index in [1.54, 1.807) is 0 Å². The Bertz CT molecular complexity index is 321. The molecule has 2 atom stereocenters. The Kier molecular flexibility index (Phi) is 6.44. The molecule has 8 nitrogen and oxygen atoms in total. The van der Waals surface area contributed by atoms with Gasteiger partial charge in [-0.1, -0.05) is 0 Å². The molecule has 108 valence electrons. The van der Waals surface area contributed by atoms with Crippen LogP contribution in [-0.4, -0.2) is 32.7 Å². The lowest BCUT2D eigenvalue weighted by molar-refractivity contribution is -0.0901. The number of phosphoric acid groups is 1. The number of rotatable bonds is 6. The number of aliphatic hydroxyl groups excluding tert-OH is 1. The van der Waals surface area contributed by atoms with E-state index in [0.717, 1.165) is 0 Å². The van der Waals surface area contributed by atoms with E-state index in [4.69, 9.17) is 14.7 Å². The highest BCUT2D eigenvalue weighted by atomic mass is 31.2. The molecule has 4 N–H and O–H groups in total. The van der Waals surface area contributed by atoms with Crippen LogP contribution in [-0.2, 0) is 18.2 Å². The second kappa shape index (κ2) is 7.12. The fraction of sp³-hybridized carbons (Fsp3) is 1.00. The summed E-state index contributed by atoms with van der Waals surface area (Å²) < 4.78 is 29.8. The maximum Gasteiger partial charge on any atom is 0.471 e. The van der Waals surface area contributed by atoms with E-state index in [-0.39, 0.29) is 18.4 Å². The molecule has 18 heavy (non-hydrogen) atoms. The molecule has 2 unspecified atom stereocenters. The predicted octanol–water partition coefficient (Wildman–Crippen LogP) is 0.619. The molecule has 0 radical (unpaired) electrons. The Morgan fingerprint density at radius 1 is 1.28 bits per heavy atom. The highest BCUT2D eigenvalue weighted by Gasteiger charge is 2.31. The first kappa shape index (κ1) is 16.3. The van der Waals surface area contributed by atoms with Crippen molar-refractivity contribution in [3.8, 4) is 0 Å². The molecule has 0 aromatic heterocycles. The molecule has 1 aliphatic carbocycles. The van der Waals surface area contributed by atoms with E-state index in [0.29, 0.717) is 25.7 Å². The summed E-state index contributed by atoms with van der Waals surface area (Å²) in [5.41, 5.74) is 0. The molecule has 0 heterocycles. The van der Waals surface area contributed by atoms with Gasteiger partial charge in [0, 0.05) is 5.92 Å². The lowest BCUT2D eigenvalue weighted by atomic mass is 9.82. The molecule has 1 aliphatic rings. The van der Waals surface area contributed by atoms with Crippen molar-refractivity contribution < 1.29 is 38.0 Å². The lowest BCUT2D eigenvalue weighted by Gasteiger charge is -2.30. The Balaban J connectivity index is 2.30. The van der Waals surface area contributed by atoms with E-state index < -0.39 is 22.4 Å². The van der Waals surface area contributed by atoms with E-state index in [1.807, 2.05) is 0 Å². The summed E-state index contributed by atoms with van der Waals surface area (Å²) in [5.74, 6) is -0.204. The first-order chi connectivity index (χ1) is 8.28. The van der Waals surface area contributed by atoms with Crippen LogP contribution in [0.25, 0.3) is 0 Å². The van der Waals surface area contributed by atoms with Gasteiger partial charge in [-0.05, 0) is 31.6 Å². The summed E-state index contributed by atoms with van der Waals surface area (Å²) in [7, 11) is -7.59. The van der Waals surface area contributed by atoms with Crippen LogP contribution in [0.4, 0.5) is 0 Å². The van der Waals surface area contributed by atoms with E-state index in [9.17, 15) is 14.2 Å². The number of hydrogen-bond donors (Lipinski definition) is 4. The molecule has 1 saturated carbocycles. The van der Waals surface area contributed by atoms with Crippen molar-refractivity contribution in [2.75, 3.05) is 6.61 Å². The Labute approximate surface area is 105 Å². The Hall–Kier alpha value is 0.220. The summed E-state index contributed by atoms with van der Waals surface area (Å²) in [6, 6.07) is 0. The molecule has 0 aliphatic heterocycles. The average molecular weight is 304 g/mol. The highest BCUT2D eigenvalue weighted by Crippen LogP contribution is 2.41. The minimum absolute atomic E-state index is 0.129. The molecular formula is C8H18O8P2. The monoisotopic (exact) mass is 304 g/mol. The van der Waals surface area contributed by atoms with E-state index in [1.165, 1.54) is 0 Å². The standard InChI is InChI=1S/C8H18O8P2/c9-8(16-18(12,13)14)7-3-1-6(2-4-7)5-15-17(10)11/h6-9,17H,1-5H2,(H,10,11)(H2,12,13,14). The number of aliphatic hydroxyl groups is 1. The normalized spacial score (nSPS) is 28.9. The molecule has 0 amide bonds. The van der Waals surface area contributed by atoms with Gasteiger partial charge < -0.3 is 24.3 Å². The maximum absolute atomic E-state index is 10.6. The van der Waals surface area contributed by atoms with E-state index >= 15 is 0 Å². The fourth-order valence-electron chi connectivity index (χ4n) is 2.06. The predicted molar refractivity (Wildman–Crippen MR) is 61.8 cm³/mol. The number of hydrogen-bond acceptors (Lipinski definition) is 5. The summed E-state index contributed by atoms with van der Waals surface area (Å²) in [6.45, 7) is 0.191. The third-order valence-corrected chi connectivity index (χ3v) is 3.89. The molecule has 0 spiro atoms. The summed E-state index contributed by atoms with van der Waals surface area (Å²) in [5, 5.41) is 9.48. The largest absolute Gasteiger partial charge is 0.471 e. The lowest BCUT2D eigenvalue weighted by Crippen LogP contribution is -2.28. The van der Waals surface area contributed by atoms with Crippen LogP contribution in [0.1, 0.15) is 25.7 Å². The smallest absolute Gasteiger partial charge is 0.367 e. The Morgan fingerprint density at radius 3 is 2.28 bits per heavy atom. The third kappa shape index (κ3) is 6.41. The topological polar surface area (TPSA) is 134 Å². The summed E-state index contributed by atoms with van der Waals surface area (Å²) in [6.07, 6.45) is 0.885. The van der Waals surface area contributed by atoms with Gasteiger partial charge in [0.15, 0.2) is 6.29 Å². The minimum atomic E-state index is -4.67. The zero-order chi connectivity index (χ0) is 13.8. The third-order valence-electron chi connectivity index (χ3n) is 2.98. The van der Waals surface area contributed by atoms with Gasteiger partial charge in [-0.25, -0.2) is 4.57 Å². The quantitative estimate of drug-likeness (QED) is 0.414. The van der Waals surface area contributed by atoms with Crippen LogP contribution in [0.15, 0.2) is 0 Å². The fourth-order valence-corrected chi connectivity index (χ4v) is 2.89. The molecular weight excluding hydrogens is 286 g/mol. The van der Waals surface area contributed by atoms with Gasteiger partial charge in [0.1, 0.15) is 0 Å². The first-order valence-corrected chi connectivity index (χ1v) is 8.35. The van der Waals surface area contributed by atoms with Crippen LogP contribution in [0, 0.1) is 11.8 Å². The molecule has 10 heteroatoms. The first-order valence-electron chi connectivity index (χ1n) is 5.55.